The Morgan fingerprint density at radius 3 is 1.75 bits per heavy atom. The number of rotatable bonds is 13. The first-order valence-electron chi connectivity index (χ1n) is 13.5. The molecule has 1 aromatic carbocycles. The van der Waals surface area contributed by atoms with Crippen LogP contribution in [-0.2, 0) is 6.42 Å². The Hall–Kier alpha value is -1.30. The van der Waals surface area contributed by atoms with E-state index < -0.39 is 0 Å². The number of aryl methyl sites for hydroxylation is 1. The molecule has 0 spiro atoms. The fraction of sp³-hybridized carbons (Fsp3) is 0.688. The van der Waals surface area contributed by atoms with E-state index in [1.807, 2.05) is 0 Å². The molecular formula is C32H52. The highest BCUT2D eigenvalue weighted by Crippen LogP contribution is 2.36. The number of hydrogen-bond acceptors (Lipinski definition) is 0. The highest BCUT2D eigenvalue weighted by Gasteiger charge is 2.23. The summed E-state index contributed by atoms with van der Waals surface area (Å²) < 4.78 is 0. The Morgan fingerprint density at radius 2 is 1.25 bits per heavy atom. The van der Waals surface area contributed by atoms with Gasteiger partial charge in [-0.1, -0.05) is 121 Å². The van der Waals surface area contributed by atoms with Crippen molar-refractivity contribution in [1.82, 2.24) is 0 Å². The second kappa shape index (κ2) is 13.4. The minimum absolute atomic E-state index is 0.448. The van der Waals surface area contributed by atoms with E-state index in [-0.39, 0.29) is 0 Å². The predicted octanol–water partition coefficient (Wildman–Crippen LogP) is 10.3. The van der Waals surface area contributed by atoms with Crippen molar-refractivity contribution in [2.75, 3.05) is 0 Å². The van der Waals surface area contributed by atoms with E-state index in [0.717, 1.165) is 11.8 Å². The molecule has 0 N–H and O–H groups in total. The van der Waals surface area contributed by atoms with Gasteiger partial charge in [-0.25, -0.2) is 0 Å². The monoisotopic (exact) mass is 436 g/mol. The molecule has 0 nitrogen and oxygen atoms in total. The minimum atomic E-state index is 0.448. The molecule has 0 bridgehead atoms. The van der Waals surface area contributed by atoms with Crippen LogP contribution in [0.15, 0.2) is 54.1 Å². The molecular weight excluding hydrogens is 384 g/mol. The molecule has 2 rings (SSSR count). The van der Waals surface area contributed by atoms with E-state index in [1.54, 1.807) is 5.57 Å². The summed E-state index contributed by atoms with van der Waals surface area (Å²) in [7, 11) is 0. The van der Waals surface area contributed by atoms with Crippen molar-refractivity contribution < 1.29 is 0 Å². The van der Waals surface area contributed by atoms with Gasteiger partial charge in [0.15, 0.2) is 0 Å². The summed E-state index contributed by atoms with van der Waals surface area (Å²) in [6.45, 7) is 14.4. The van der Waals surface area contributed by atoms with Crippen LogP contribution in [0, 0.1) is 22.7 Å². The van der Waals surface area contributed by atoms with Gasteiger partial charge in [-0.2, -0.15) is 0 Å². The van der Waals surface area contributed by atoms with Gasteiger partial charge in [0.25, 0.3) is 0 Å². The average Bonchev–Trinajstić information content (AvgIpc) is 2.73. The van der Waals surface area contributed by atoms with Crippen LogP contribution >= 0.6 is 0 Å². The Morgan fingerprint density at radius 1 is 0.688 bits per heavy atom. The van der Waals surface area contributed by atoms with Crippen LogP contribution in [0.5, 0.6) is 0 Å². The van der Waals surface area contributed by atoms with E-state index in [0.29, 0.717) is 10.8 Å². The van der Waals surface area contributed by atoms with Crippen molar-refractivity contribution in [2.24, 2.45) is 22.7 Å². The van der Waals surface area contributed by atoms with Crippen LogP contribution in [0.2, 0.25) is 0 Å². The van der Waals surface area contributed by atoms with E-state index in [4.69, 9.17) is 0 Å². The zero-order chi connectivity index (χ0) is 23.5. The molecule has 1 aliphatic carbocycles. The lowest BCUT2D eigenvalue weighted by molar-refractivity contribution is 0.227. The zero-order valence-corrected chi connectivity index (χ0v) is 22.3. The number of hydrogen-bond donors (Lipinski definition) is 0. The lowest BCUT2D eigenvalue weighted by atomic mass is 9.75. The van der Waals surface area contributed by atoms with Crippen molar-refractivity contribution >= 4 is 0 Å². The largest absolute Gasteiger partial charge is 0.0840 e. The number of allylic oxidation sites excluding steroid dienone is 4. The van der Waals surface area contributed by atoms with Crippen LogP contribution in [-0.4, -0.2) is 0 Å². The summed E-state index contributed by atoms with van der Waals surface area (Å²) in [5, 5.41) is 0. The third kappa shape index (κ3) is 12.1. The van der Waals surface area contributed by atoms with Crippen molar-refractivity contribution in [3.63, 3.8) is 0 Å². The van der Waals surface area contributed by atoms with Crippen LogP contribution in [0.1, 0.15) is 118 Å². The summed E-state index contributed by atoms with van der Waals surface area (Å²) in [6, 6.07) is 11.2. The fourth-order valence-electron chi connectivity index (χ4n) is 5.22. The summed E-state index contributed by atoms with van der Waals surface area (Å²) in [5.41, 5.74) is 4.00. The number of benzene rings is 1. The normalized spacial score (nSPS) is 16.6. The molecule has 0 fully saturated rings. The van der Waals surface area contributed by atoms with E-state index in [9.17, 15) is 0 Å². The molecule has 32 heavy (non-hydrogen) atoms. The van der Waals surface area contributed by atoms with E-state index >= 15 is 0 Å². The average molecular weight is 437 g/mol. The first kappa shape index (κ1) is 26.9. The fourth-order valence-corrected chi connectivity index (χ4v) is 5.22. The molecule has 1 aliphatic rings. The Labute approximate surface area is 201 Å². The van der Waals surface area contributed by atoms with E-state index in [1.165, 1.54) is 82.6 Å². The molecule has 180 valence electrons. The molecule has 2 unspecified atom stereocenters. The maximum Gasteiger partial charge on any atom is -0.0276 e. The third-order valence-corrected chi connectivity index (χ3v) is 7.19. The van der Waals surface area contributed by atoms with Crippen molar-refractivity contribution in [3.05, 3.63) is 59.7 Å². The van der Waals surface area contributed by atoms with Gasteiger partial charge in [0.1, 0.15) is 0 Å². The molecule has 0 heterocycles. The van der Waals surface area contributed by atoms with Crippen LogP contribution in [0.25, 0.3) is 0 Å². The van der Waals surface area contributed by atoms with Gasteiger partial charge in [-0.05, 0) is 79.6 Å². The molecule has 0 radical (unpaired) electrons. The lowest BCUT2D eigenvalue weighted by Crippen LogP contribution is -2.18. The van der Waals surface area contributed by atoms with Gasteiger partial charge in [0.05, 0.1) is 0 Å². The Bertz CT molecular complexity index is 677. The standard InChI is InChI=1S/C32H52/c1-31(2,3)25-13-19-29(23-21-27-15-9-7-10-16-27)30(20-14-26-32(4,5)6)24-22-28-17-11-8-12-18-28/h7,9-11,15-18,29-30H,8,12-14,19-26H2,1-6H3. The molecule has 0 heteroatoms. The van der Waals surface area contributed by atoms with Crippen LogP contribution in [0.4, 0.5) is 0 Å². The Balaban J connectivity index is 2.06. The molecule has 0 saturated carbocycles. The second-order valence-corrected chi connectivity index (χ2v) is 12.7. The summed E-state index contributed by atoms with van der Waals surface area (Å²) in [6.07, 6.45) is 23.2. The second-order valence-electron chi connectivity index (χ2n) is 12.7. The first-order valence-corrected chi connectivity index (χ1v) is 13.5. The molecule has 0 amide bonds. The summed E-state index contributed by atoms with van der Waals surface area (Å²) >= 11 is 0. The first-order chi connectivity index (χ1) is 15.1. The highest BCUT2D eigenvalue weighted by molar-refractivity contribution is 5.22. The van der Waals surface area contributed by atoms with Crippen molar-refractivity contribution in [2.45, 2.75) is 119 Å². The van der Waals surface area contributed by atoms with Gasteiger partial charge in [-0.3, -0.25) is 0 Å². The van der Waals surface area contributed by atoms with Crippen LogP contribution < -0.4 is 0 Å². The molecule has 1 aromatic rings. The molecule has 0 saturated heterocycles. The van der Waals surface area contributed by atoms with Gasteiger partial charge in [0, 0.05) is 0 Å². The SMILES string of the molecule is CC(C)(C)CCCC(CCC1=CCCC=C1)C(CCCC(C)(C)C)CCc1ccccc1. The molecule has 0 aliphatic heterocycles. The maximum absolute atomic E-state index is 2.49. The van der Waals surface area contributed by atoms with Crippen molar-refractivity contribution in [1.29, 1.82) is 0 Å². The van der Waals surface area contributed by atoms with Gasteiger partial charge in [0.2, 0.25) is 0 Å². The predicted molar refractivity (Wildman–Crippen MR) is 144 cm³/mol. The van der Waals surface area contributed by atoms with Gasteiger partial charge < -0.3 is 0 Å². The molecule has 2 atom stereocenters. The summed E-state index contributed by atoms with van der Waals surface area (Å²) in [4.78, 5) is 0. The van der Waals surface area contributed by atoms with Gasteiger partial charge in [-0.15, -0.1) is 0 Å². The highest BCUT2D eigenvalue weighted by atomic mass is 14.3. The molecule has 0 aromatic heterocycles. The summed E-state index contributed by atoms with van der Waals surface area (Å²) in [5.74, 6) is 1.71. The quantitative estimate of drug-likeness (QED) is 0.288. The lowest BCUT2D eigenvalue weighted by Gasteiger charge is -2.30. The van der Waals surface area contributed by atoms with E-state index in [2.05, 4.69) is 90.1 Å². The van der Waals surface area contributed by atoms with Gasteiger partial charge >= 0.3 is 0 Å². The van der Waals surface area contributed by atoms with Crippen molar-refractivity contribution in [3.8, 4) is 0 Å². The third-order valence-electron chi connectivity index (χ3n) is 7.19. The topological polar surface area (TPSA) is 0 Å². The Kier molecular flexibility index (Phi) is 11.3. The smallest absolute Gasteiger partial charge is 0.0276 e. The zero-order valence-electron chi connectivity index (χ0n) is 22.3. The van der Waals surface area contributed by atoms with Crippen LogP contribution in [0.3, 0.4) is 0 Å². The maximum atomic E-state index is 2.49. The minimum Gasteiger partial charge on any atom is -0.0840 e.